The number of allylic oxidation sites excluding steroid dienone is 2. The maximum atomic E-state index is 10.8. The molecule has 0 amide bonds. The van der Waals surface area contributed by atoms with Gasteiger partial charge in [0.05, 0.1) is 0 Å². The molecule has 1 unspecified atom stereocenters. The topological polar surface area (TPSA) is 88.5 Å². The van der Waals surface area contributed by atoms with Crippen molar-refractivity contribution in [2.45, 2.75) is 11.7 Å². The molecule has 0 fully saturated rings. The van der Waals surface area contributed by atoms with Gasteiger partial charge in [-0.3, -0.25) is 14.1 Å². The molecule has 0 aromatic rings. The number of rotatable bonds is 1. The van der Waals surface area contributed by atoms with Crippen LogP contribution in [0.25, 0.3) is 0 Å². The van der Waals surface area contributed by atoms with Gasteiger partial charge in [0, 0.05) is 6.42 Å². The van der Waals surface area contributed by atoms with E-state index in [4.69, 9.17) is 4.55 Å². The van der Waals surface area contributed by atoms with Crippen LogP contribution in [0.2, 0.25) is 0 Å². The van der Waals surface area contributed by atoms with E-state index < -0.39 is 33.4 Å². The van der Waals surface area contributed by atoms with E-state index in [0.29, 0.717) is 0 Å². The molecule has 1 aliphatic carbocycles. The van der Waals surface area contributed by atoms with Crippen LogP contribution in [0.4, 0.5) is 0 Å². The quantitative estimate of drug-likeness (QED) is 0.554. The zero-order valence-corrected chi connectivity index (χ0v) is 6.74. The highest BCUT2D eigenvalue weighted by atomic mass is 32.2. The van der Waals surface area contributed by atoms with Gasteiger partial charge in [-0.1, -0.05) is 0 Å². The first kappa shape index (κ1) is 9.08. The predicted molar refractivity (Wildman–Crippen MR) is 39.1 cm³/mol. The van der Waals surface area contributed by atoms with Crippen LogP contribution in [0.15, 0.2) is 12.2 Å². The molecule has 6 heteroatoms. The lowest BCUT2D eigenvalue weighted by atomic mass is 10.1. The Kier molecular flexibility index (Phi) is 2.12. The van der Waals surface area contributed by atoms with Crippen molar-refractivity contribution >= 4 is 21.7 Å². The van der Waals surface area contributed by atoms with Crippen LogP contribution in [0.1, 0.15) is 6.42 Å². The number of hydrogen-bond acceptors (Lipinski definition) is 4. The van der Waals surface area contributed by atoms with Crippen LogP contribution in [0.5, 0.6) is 0 Å². The molecule has 0 saturated carbocycles. The largest absolute Gasteiger partial charge is 0.295 e. The van der Waals surface area contributed by atoms with E-state index in [1.165, 1.54) is 0 Å². The van der Waals surface area contributed by atoms with E-state index in [0.717, 1.165) is 12.2 Å². The second kappa shape index (κ2) is 2.80. The average molecular weight is 190 g/mol. The van der Waals surface area contributed by atoms with Gasteiger partial charge in [0.1, 0.15) is 0 Å². The first-order valence-corrected chi connectivity index (χ1v) is 4.62. The molecule has 0 bridgehead atoms. The molecule has 1 N–H and O–H groups in total. The van der Waals surface area contributed by atoms with Gasteiger partial charge >= 0.3 is 0 Å². The smallest absolute Gasteiger partial charge is 0.275 e. The Labute approximate surface area is 68.8 Å². The molecule has 0 spiro atoms. The van der Waals surface area contributed by atoms with Crippen molar-refractivity contribution in [1.29, 1.82) is 0 Å². The predicted octanol–water partition coefficient (Wildman–Crippen LogP) is -0.659. The van der Waals surface area contributed by atoms with Crippen LogP contribution in [0.3, 0.4) is 0 Å². The molecule has 0 aromatic carbocycles. The van der Waals surface area contributed by atoms with Gasteiger partial charge in [-0.25, -0.2) is 0 Å². The second-order valence-electron chi connectivity index (χ2n) is 2.41. The van der Waals surface area contributed by atoms with Crippen LogP contribution >= 0.6 is 0 Å². The molecule has 0 aliphatic heterocycles. The van der Waals surface area contributed by atoms with Crippen molar-refractivity contribution < 1.29 is 22.6 Å². The fraction of sp³-hybridized carbons (Fsp3) is 0.333. The van der Waals surface area contributed by atoms with Crippen molar-refractivity contribution in [2.24, 2.45) is 0 Å². The highest BCUT2D eigenvalue weighted by Crippen LogP contribution is 2.12. The molecule has 1 rings (SSSR count). The molecule has 1 atom stereocenters. The molecule has 5 nitrogen and oxygen atoms in total. The van der Waals surface area contributed by atoms with E-state index in [-0.39, 0.29) is 0 Å². The number of ketones is 2. The maximum Gasteiger partial charge on any atom is 0.275 e. The summed E-state index contributed by atoms with van der Waals surface area (Å²) in [6.45, 7) is 0. The summed E-state index contributed by atoms with van der Waals surface area (Å²) in [5.74, 6) is -1.23. The third kappa shape index (κ3) is 1.77. The molecule has 0 radical (unpaired) electrons. The summed E-state index contributed by atoms with van der Waals surface area (Å²) < 4.78 is 29.5. The molecular formula is C6H6O5S. The first-order chi connectivity index (χ1) is 5.41. The van der Waals surface area contributed by atoms with E-state index >= 15 is 0 Å². The highest BCUT2D eigenvalue weighted by molar-refractivity contribution is 7.87. The zero-order valence-electron chi connectivity index (χ0n) is 5.93. The third-order valence-electron chi connectivity index (χ3n) is 1.50. The summed E-state index contributed by atoms with van der Waals surface area (Å²) in [6.07, 6.45) is 1.41. The monoisotopic (exact) mass is 190 g/mol. The van der Waals surface area contributed by atoms with E-state index in [1.807, 2.05) is 0 Å². The molecular weight excluding hydrogens is 184 g/mol. The van der Waals surface area contributed by atoms with Crippen molar-refractivity contribution in [3.63, 3.8) is 0 Å². The minimum atomic E-state index is -4.43. The molecule has 0 heterocycles. The van der Waals surface area contributed by atoms with Gasteiger partial charge in [0.2, 0.25) is 0 Å². The van der Waals surface area contributed by atoms with Gasteiger partial charge in [-0.05, 0) is 12.2 Å². The highest BCUT2D eigenvalue weighted by Gasteiger charge is 2.33. The van der Waals surface area contributed by atoms with Crippen molar-refractivity contribution in [2.75, 3.05) is 0 Å². The molecule has 0 saturated heterocycles. The molecule has 12 heavy (non-hydrogen) atoms. The number of hydrogen-bond donors (Lipinski definition) is 1. The Hall–Kier alpha value is -1.01. The van der Waals surface area contributed by atoms with Crippen molar-refractivity contribution in [3.05, 3.63) is 12.2 Å². The average Bonchev–Trinajstić information content (AvgIpc) is 1.92. The minimum Gasteiger partial charge on any atom is -0.295 e. The summed E-state index contributed by atoms with van der Waals surface area (Å²) in [5, 5.41) is -1.60. The fourth-order valence-corrected chi connectivity index (χ4v) is 1.63. The lowest BCUT2D eigenvalue weighted by molar-refractivity contribution is -0.120. The molecule has 1 aliphatic rings. The van der Waals surface area contributed by atoms with Gasteiger partial charge in [-0.15, -0.1) is 0 Å². The van der Waals surface area contributed by atoms with Gasteiger partial charge in [-0.2, -0.15) is 8.42 Å². The summed E-state index contributed by atoms with van der Waals surface area (Å²) in [5.41, 5.74) is 0. The summed E-state index contributed by atoms with van der Waals surface area (Å²) in [4.78, 5) is 21.5. The summed E-state index contributed by atoms with van der Waals surface area (Å²) in [6, 6.07) is 0. The first-order valence-electron chi connectivity index (χ1n) is 3.12. The van der Waals surface area contributed by atoms with Crippen LogP contribution < -0.4 is 0 Å². The van der Waals surface area contributed by atoms with E-state index in [2.05, 4.69) is 0 Å². The minimum absolute atomic E-state index is 0.464. The molecule has 66 valence electrons. The van der Waals surface area contributed by atoms with Crippen molar-refractivity contribution in [1.82, 2.24) is 0 Å². The Morgan fingerprint density at radius 2 is 1.92 bits per heavy atom. The van der Waals surface area contributed by atoms with E-state index in [1.54, 1.807) is 0 Å². The van der Waals surface area contributed by atoms with Crippen LogP contribution in [-0.4, -0.2) is 29.8 Å². The number of carbonyl (C=O) groups excluding carboxylic acids is 2. The third-order valence-corrected chi connectivity index (χ3v) is 2.62. The van der Waals surface area contributed by atoms with Crippen LogP contribution in [0, 0.1) is 0 Å². The van der Waals surface area contributed by atoms with Crippen LogP contribution in [-0.2, 0) is 19.7 Å². The number of carbonyl (C=O) groups is 2. The van der Waals surface area contributed by atoms with E-state index in [9.17, 15) is 18.0 Å². The Bertz CT molecular complexity index is 350. The second-order valence-corrected chi connectivity index (χ2v) is 4.01. The van der Waals surface area contributed by atoms with Gasteiger partial charge in [0.15, 0.2) is 16.8 Å². The SMILES string of the molecule is O=C1C=CC(=O)C(S(=O)(=O)O)C1. The Balaban J connectivity index is 3.03. The van der Waals surface area contributed by atoms with Crippen molar-refractivity contribution in [3.8, 4) is 0 Å². The standard InChI is InChI=1S/C6H6O5S/c7-4-1-2-5(8)6(3-4)12(9,10)11/h1-2,6H,3H2,(H,9,10,11). The Morgan fingerprint density at radius 1 is 1.33 bits per heavy atom. The Morgan fingerprint density at radius 3 is 2.33 bits per heavy atom. The fourth-order valence-electron chi connectivity index (χ4n) is 0.886. The zero-order chi connectivity index (χ0) is 9.35. The van der Waals surface area contributed by atoms with Gasteiger partial charge in [0.25, 0.3) is 10.1 Å². The summed E-state index contributed by atoms with van der Waals surface area (Å²) in [7, 11) is -4.43. The lowest BCUT2D eigenvalue weighted by Gasteiger charge is -2.11. The molecule has 0 aromatic heterocycles. The lowest BCUT2D eigenvalue weighted by Crippen LogP contribution is -2.33. The normalized spacial score (nSPS) is 24.6. The van der Waals surface area contributed by atoms with Gasteiger partial charge < -0.3 is 0 Å². The summed E-state index contributed by atoms with van der Waals surface area (Å²) >= 11 is 0. The maximum absolute atomic E-state index is 10.8.